The van der Waals surface area contributed by atoms with Gasteiger partial charge in [0, 0.05) is 6.07 Å². The summed E-state index contributed by atoms with van der Waals surface area (Å²) in [6.45, 7) is 1.94. The highest BCUT2D eigenvalue weighted by molar-refractivity contribution is 5.82. The molecule has 0 bridgehead atoms. The third kappa shape index (κ3) is 1.16. The minimum absolute atomic E-state index is 0.157. The summed E-state index contributed by atoms with van der Waals surface area (Å²) in [5.74, 6) is 1.82. The van der Waals surface area contributed by atoms with Crippen molar-refractivity contribution in [1.29, 1.82) is 0 Å². The molecule has 3 rings (SSSR count). The van der Waals surface area contributed by atoms with Crippen molar-refractivity contribution in [3.63, 3.8) is 0 Å². The minimum Gasteiger partial charge on any atom is -0.454 e. The van der Waals surface area contributed by atoms with Gasteiger partial charge in [0.15, 0.2) is 11.5 Å². The Morgan fingerprint density at radius 3 is 2.87 bits per heavy atom. The largest absolute Gasteiger partial charge is 0.454 e. The first kappa shape index (κ1) is 8.28. The van der Waals surface area contributed by atoms with Crippen molar-refractivity contribution in [1.82, 2.24) is 9.97 Å². The smallest absolute Gasteiger partial charge is 0.258 e. The Balaban J connectivity index is 2.43. The van der Waals surface area contributed by atoms with Crippen LogP contribution in [0.3, 0.4) is 0 Å². The van der Waals surface area contributed by atoms with Crippen LogP contribution in [-0.4, -0.2) is 16.8 Å². The van der Waals surface area contributed by atoms with Crippen molar-refractivity contribution in [2.45, 2.75) is 6.92 Å². The number of nitrogens with zero attached hydrogens (tertiary/aromatic N) is 1. The maximum Gasteiger partial charge on any atom is 0.258 e. The number of rotatable bonds is 0. The molecule has 0 spiro atoms. The zero-order chi connectivity index (χ0) is 10.4. The lowest BCUT2D eigenvalue weighted by molar-refractivity contribution is 0.174. The lowest BCUT2D eigenvalue weighted by Crippen LogP contribution is -2.09. The van der Waals surface area contributed by atoms with Crippen molar-refractivity contribution in [3.8, 4) is 11.5 Å². The number of aryl methyl sites for hydroxylation is 1. The topological polar surface area (TPSA) is 64.2 Å². The number of benzene rings is 1. The quantitative estimate of drug-likeness (QED) is 0.694. The number of ether oxygens (including phenoxy) is 2. The molecule has 15 heavy (non-hydrogen) atoms. The number of aromatic nitrogens is 2. The van der Waals surface area contributed by atoms with Gasteiger partial charge in [-0.25, -0.2) is 4.98 Å². The van der Waals surface area contributed by atoms with Crippen LogP contribution in [0.25, 0.3) is 10.9 Å². The Labute approximate surface area is 84.7 Å². The molecule has 0 saturated carbocycles. The van der Waals surface area contributed by atoms with Gasteiger partial charge < -0.3 is 14.5 Å². The van der Waals surface area contributed by atoms with Gasteiger partial charge in [0.1, 0.15) is 5.82 Å². The van der Waals surface area contributed by atoms with E-state index in [1.54, 1.807) is 19.1 Å². The average Bonchev–Trinajstić information content (AvgIpc) is 2.61. The van der Waals surface area contributed by atoms with Crippen LogP contribution in [-0.2, 0) is 0 Å². The molecular formula is C10H8N2O3. The molecule has 0 saturated heterocycles. The maximum absolute atomic E-state index is 11.6. The molecule has 0 radical (unpaired) electrons. The predicted molar refractivity (Wildman–Crippen MR) is 53.2 cm³/mol. The van der Waals surface area contributed by atoms with Gasteiger partial charge in [0.25, 0.3) is 5.56 Å². The van der Waals surface area contributed by atoms with Crippen LogP contribution in [0.5, 0.6) is 11.5 Å². The summed E-state index contributed by atoms with van der Waals surface area (Å²) in [7, 11) is 0. The minimum atomic E-state index is -0.157. The van der Waals surface area contributed by atoms with Crippen LogP contribution < -0.4 is 15.0 Å². The lowest BCUT2D eigenvalue weighted by Gasteiger charge is -2.00. The van der Waals surface area contributed by atoms with Crippen LogP contribution >= 0.6 is 0 Å². The molecule has 0 amide bonds. The van der Waals surface area contributed by atoms with Gasteiger partial charge in [-0.3, -0.25) is 4.79 Å². The standard InChI is InChI=1S/C10H8N2O3/c1-5-11-7-3-9-8(14-4-15-9)2-6(7)10(13)12-5/h2-3H,4H2,1H3,(H,11,12,13). The molecule has 0 atom stereocenters. The monoisotopic (exact) mass is 204 g/mol. The molecule has 5 nitrogen and oxygen atoms in total. The van der Waals surface area contributed by atoms with Crippen LogP contribution in [0.15, 0.2) is 16.9 Å². The molecule has 5 heteroatoms. The summed E-state index contributed by atoms with van der Waals surface area (Å²) >= 11 is 0. The number of aromatic amines is 1. The first-order valence-corrected chi connectivity index (χ1v) is 4.54. The van der Waals surface area contributed by atoms with Gasteiger partial charge in [-0.05, 0) is 13.0 Å². The van der Waals surface area contributed by atoms with E-state index in [0.717, 1.165) is 0 Å². The van der Waals surface area contributed by atoms with Crippen LogP contribution in [0.2, 0.25) is 0 Å². The Morgan fingerprint density at radius 2 is 2.07 bits per heavy atom. The van der Waals surface area contributed by atoms with Gasteiger partial charge in [-0.2, -0.15) is 0 Å². The van der Waals surface area contributed by atoms with E-state index >= 15 is 0 Å². The lowest BCUT2D eigenvalue weighted by atomic mass is 10.2. The molecule has 2 aromatic rings. The SMILES string of the molecule is Cc1nc2cc3c(cc2c(=O)[nH]1)OCO3. The van der Waals surface area contributed by atoms with Gasteiger partial charge in [0.05, 0.1) is 10.9 Å². The van der Waals surface area contributed by atoms with E-state index in [0.29, 0.717) is 28.2 Å². The first-order chi connectivity index (χ1) is 7.24. The van der Waals surface area contributed by atoms with E-state index in [1.807, 2.05) is 0 Å². The summed E-state index contributed by atoms with van der Waals surface area (Å²) in [6, 6.07) is 3.38. The van der Waals surface area contributed by atoms with E-state index in [-0.39, 0.29) is 12.4 Å². The van der Waals surface area contributed by atoms with Gasteiger partial charge in [-0.15, -0.1) is 0 Å². The average molecular weight is 204 g/mol. The Hall–Kier alpha value is -2.04. The zero-order valence-corrected chi connectivity index (χ0v) is 8.03. The van der Waals surface area contributed by atoms with Gasteiger partial charge in [0.2, 0.25) is 6.79 Å². The van der Waals surface area contributed by atoms with Crippen LogP contribution in [0, 0.1) is 6.92 Å². The van der Waals surface area contributed by atoms with Crippen LogP contribution in [0.4, 0.5) is 0 Å². The highest BCUT2D eigenvalue weighted by Gasteiger charge is 2.15. The second kappa shape index (κ2) is 2.73. The fraction of sp³-hybridized carbons (Fsp3) is 0.200. The van der Waals surface area contributed by atoms with Gasteiger partial charge >= 0.3 is 0 Å². The summed E-state index contributed by atoms with van der Waals surface area (Å²) in [5, 5.41) is 0.518. The van der Waals surface area contributed by atoms with Crippen molar-refractivity contribution in [3.05, 3.63) is 28.3 Å². The van der Waals surface area contributed by atoms with Crippen molar-refractivity contribution in [2.24, 2.45) is 0 Å². The molecule has 1 aliphatic rings. The molecule has 76 valence electrons. The summed E-state index contributed by atoms with van der Waals surface area (Å²) in [5.41, 5.74) is 0.469. The van der Waals surface area contributed by atoms with Crippen LogP contribution in [0.1, 0.15) is 5.82 Å². The van der Waals surface area contributed by atoms with E-state index in [1.165, 1.54) is 0 Å². The molecule has 1 aromatic carbocycles. The molecule has 0 aliphatic carbocycles. The van der Waals surface area contributed by atoms with E-state index in [2.05, 4.69) is 9.97 Å². The predicted octanol–water partition coefficient (Wildman–Crippen LogP) is 0.960. The molecule has 2 heterocycles. The number of nitrogens with one attached hydrogen (secondary N) is 1. The number of hydrogen-bond donors (Lipinski definition) is 1. The third-order valence-electron chi connectivity index (χ3n) is 2.32. The maximum atomic E-state index is 11.6. The Bertz CT molecular complexity index is 603. The van der Waals surface area contributed by atoms with Crippen molar-refractivity contribution < 1.29 is 9.47 Å². The third-order valence-corrected chi connectivity index (χ3v) is 2.32. The number of H-pyrrole nitrogens is 1. The fourth-order valence-electron chi connectivity index (χ4n) is 1.65. The molecule has 1 aromatic heterocycles. The molecule has 1 aliphatic heterocycles. The fourth-order valence-corrected chi connectivity index (χ4v) is 1.65. The molecule has 0 fully saturated rings. The first-order valence-electron chi connectivity index (χ1n) is 4.54. The van der Waals surface area contributed by atoms with Crippen molar-refractivity contribution >= 4 is 10.9 Å². The number of hydrogen-bond acceptors (Lipinski definition) is 4. The highest BCUT2D eigenvalue weighted by Crippen LogP contribution is 2.34. The Kier molecular flexibility index (Phi) is 1.50. The van der Waals surface area contributed by atoms with Gasteiger partial charge in [-0.1, -0.05) is 0 Å². The summed E-state index contributed by atoms with van der Waals surface area (Å²) in [4.78, 5) is 18.5. The van der Waals surface area contributed by atoms with E-state index in [4.69, 9.17) is 9.47 Å². The highest BCUT2D eigenvalue weighted by atomic mass is 16.7. The van der Waals surface area contributed by atoms with E-state index < -0.39 is 0 Å². The molecule has 1 N–H and O–H groups in total. The molecule has 0 unspecified atom stereocenters. The second-order valence-corrected chi connectivity index (χ2v) is 3.37. The summed E-state index contributed by atoms with van der Waals surface area (Å²) in [6.07, 6.45) is 0. The van der Waals surface area contributed by atoms with Crippen molar-refractivity contribution in [2.75, 3.05) is 6.79 Å². The number of fused-ring (bicyclic) bond motifs is 2. The van der Waals surface area contributed by atoms with E-state index in [9.17, 15) is 4.79 Å². The normalized spacial score (nSPS) is 13.4. The second-order valence-electron chi connectivity index (χ2n) is 3.37. The molecular weight excluding hydrogens is 196 g/mol. The Morgan fingerprint density at radius 1 is 1.33 bits per heavy atom. The zero-order valence-electron chi connectivity index (χ0n) is 8.03. The summed E-state index contributed by atoms with van der Waals surface area (Å²) < 4.78 is 10.4.